The van der Waals surface area contributed by atoms with Gasteiger partial charge in [0, 0.05) is 12.6 Å². The van der Waals surface area contributed by atoms with Gasteiger partial charge in [0.15, 0.2) is 11.6 Å². The molecular formula is C16H16FNO. The molecule has 0 saturated heterocycles. The van der Waals surface area contributed by atoms with Crippen LogP contribution in [0.5, 0.6) is 0 Å². The van der Waals surface area contributed by atoms with E-state index in [4.69, 9.17) is 0 Å². The van der Waals surface area contributed by atoms with Crippen molar-refractivity contribution in [3.8, 4) is 0 Å². The van der Waals surface area contributed by atoms with Crippen LogP contribution in [-0.2, 0) is 6.42 Å². The van der Waals surface area contributed by atoms with Crippen LogP contribution >= 0.6 is 0 Å². The topological polar surface area (TPSA) is 30.0 Å². The summed E-state index contributed by atoms with van der Waals surface area (Å²) in [6.07, 6.45) is 2.73. The Morgan fingerprint density at radius 2 is 1.84 bits per heavy atom. The molecule has 0 aliphatic heterocycles. The molecule has 0 amide bonds. The Morgan fingerprint density at radius 1 is 1.21 bits per heavy atom. The smallest absolute Gasteiger partial charge is 0.170 e. The second-order valence-corrected chi connectivity index (χ2v) is 4.83. The minimum Gasteiger partial charge on any atom is -0.294 e. The molecule has 0 saturated carbocycles. The summed E-state index contributed by atoms with van der Waals surface area (Å²) in [7, 11) is 0. The van der Waals surface area contributed by atoms with Crippen LogP contribution in [0.15, 0.2) is 30.6 Å². The van der Waals surface area contributed by atoms with Crippen molar-refractivity contribution in [2.45, 2.75) is 27.2 Å². The second kappa shape index (κ2) is 5.31. The summed E-state index contributed by atoms with van der Waals surface area (Å²) in [4.78, 5) is 15.8. The molecule has 0 unspecified atom stereocenters. The van der Waals surface area contributed by atoms with Gasteiger partial charge in [-0.15, -0.1) is 0 Å². The summed E-state index contributed by atoms with van der Waals surface area (Å²) in [5.74, 6) is -0.773. The summed E-state index contributed by atoms with van der Waals surface area (Å²) in [5.41, 5.74) is 4.39. The predicted molar refractivity (Wildman–Crippen MR) is 72.9 cm³/mol. The van der Waals surface area contributed by atoms with E-state index in [0.29, 0.717) is 0 Å². The fourth-order valence-corrected chi connectivity index (χ4v) is 2.35. The number of hydrogen-bond donors (Lipinski definition) is 0. The van der Waals surface area contributed by atoms with E-state index in [2.05, 4.69) is 4.98 Å². The quantitative estimate of drug-likeness (QED) is 0.787. The maximum Gasteiger partial charge on any atom is 0.170 e. The minimum atomic E-state index is -0.560. The number of carbonyl (C=O) groups excluding carboxylic acids is 1. The van der Waals surface area contributed by atoms with Crippen LogP contribution in [-0.4, -0.2) is 10.8 Å². The van der Waals surface area contributed by atoms with Crippen molar-refractivity contribution in [1.82, 2.24) is 4.98 Å². The van der Waals surface area contributed by atoms with Crippen LogP contribution in [0, 0.1) is 26.6 Å². The molecular weight excluding hydrogens is 241 g/mol. The van der Waals surface area contributed by atoms with E-state index in [1.165, 1.54) is 17.8 Å². The van der Waals surface area contributed by atoms with Crippen molar-refractivity contribution in [1.29, 1.82) is 0 Å². The van der Waals surface area contributed by atoms with Gasteiger partial charge in [0.05, 0.1) is 11.8 Å². The summed E-state index contributed by atoms with van der Waals surface area (Å²) in [6.45, 7) is 5.98. The molecule has 0 radical (unpaired) electrons. The van der Waals surface area contributed by atoms with E-state index >= 15 is 0 Å². The van der Waals surface area contributed by atoms with Gasteiger partial charge in [-0.25, -0.2) is 4.39 Å². The first kappa shape index (κ1) is 13.4. The fourth-order valence-electron chi connectivity index (χ4n) is 2.35. The van der Waals surface area contributed by atoms with Gasteiger partial charge in [-0.1, -0.05) is 17.7 Å². The summed E-state index contributed by atoms with van der Waals surface area (Å²) in [6, 6.07) is 5.51. The number of pyridine rings is 1. The molecule has 0 aliphatic rings. The van der Waals surface area contributed by atoms with Crippen LogP contribution < -0.4 is 0 Å². The Balaban J connectivity index is 2.32. The number of nitrogens with zero attached hydrogens (tertiary/aromatic N) is 1. The maximum absolute atomic E-state index is 13.5. The normalized spacial score (nSPS) is 10.5. The molecule has 0 atom stereocenters. The third kappa shape index (κ3) is 2.87. The van der Waals surface area contributed by atoms with Crippen molar-refractivity contribution < 1.29 is 9.18 Å². The molecule has 0 N–H and O–H groups in total. The SMILES string of the molecule is Cc1cc(C)c(CC(=O)c2ccncc2F)c(C)c1. The van der Waals surface area contributed by atoms with Crippen molar-refractivity contribution in [3.05, 3.63) is 64.2 Å². The second-order valence-electron chi connectivity index (χ2n) is 4.83. The molecule has 1 heterocycles. The van der Waals surface area contributed by atoms with Crippen LogP contribution in [0.2, 0.25) is 0 Å². The molecule has 0 aliphatic carbocycles. The first-order valence-electron chi connectivity index (χ1n) is 6.18. The molecule has 2 aromatic rings. The predicted octanol–water partition coefficient (Wildman–Crippen LogP) is 3.57. The summed E-state index contributed by atoms with van der Waals surface area (Å²) in [5, 5.41) is 0. The fraction of sp³-hybridized carbons (Fsp3) is 0.250. The highest BCUT2D eigenvalue weighted by Gasteiger charge is 2.14. The standard InChI is InChI=1S/C16H16FNO/c1-10-6-11(2)14(12(3)7-10)8-16(19)13-4-5-18-9-15(13)17/h4-7,9H,8H2,1-3H3. The molecule has 1 aromatic carbocycles. The van der Waals surface area contributed by atoms with E-state index in [0.717, 1.165) is 22.9 Å². The summed E-state index contributed by atoms with van der Waals surface area (Å²) >= 11 is 0. The number of aryl methyl sites for hydroxylation is 3. The lowest BCUT2D eigenvalue weighted by Gasteiger charge is -2.11. The third-order valence-electron chi connectivity index (χ3n) is 3.25. The van der Waals surface area contributed by atoms with Gasteiger partial charge >= 0.3 is 0 Å². The van der Waals surface area contributed by atoms with Gasteiger partial charge in [-0.3, -0.25) is 9.78 Å². The molecule has 1 aromatic heterocycles. The van der Waals surface area contributed by atoms with Crippen LogP contribution in [0.25, 0.3) is 0 Å². The number of benzene rings is 1. The minimum absolute atomic E-state index is 0.106. The zero-order chi connectivity index (χ0) is 14.0. The lowest BCUT2D eigenvalue weighted by molar-refractivity contribution is 0.0988. The van der Waals surface area contributed by atoms with E-state index in [1.807, 2.05) is 32.9 Å². The van der Waals surface area contributed by atoms with Gasteiger partial charge < -0.3 is 0 Å². The largest absolute Gasteiger partial charge is 0.294 e. The van der Waals surface area contributed by atoms with Crippen molar-refractivity contribution >= 4 is 5.78 Å². The molecule has 0 bridgehead atoms. The number of rotatable bonds is 3. The number of Topliss-reactive ketones (excluding diaryl/α,β-unsaturated/α-hetero) is 1. The Morgan fingerprint density at radius 3 is 2.42 bits per heavy atom. The van der Waals surface area contributed by atoms with E-state index in [9.17, 15) is 9.18 Å². The van der Waals surface area contributed by atoms with E-state index < -0.39 is 5.82 Å². The Hall–Kier alpha value is -2.03. The molecule has 2 nitrogen and oxygen atoms in total. The van der Waals surface area contributed by atoms with E-state index in [-0.39, 0.29) is 17.8 Å². The van der Waals surface area contributed by atoms with Gasteiger partial charge in [0.25, 0.3) is 0 Å². The van der Waals surface area contributed by atoms with Crippen molar-refractivity contribution in [3.63, 3.8) is 0 Å². The molecule has 19 heavy (non-hydrogen) atoms. The molecule has 0 spiro atoms. The van der Waals surface area contributed by atoms with Gasteiger partial charge in [0.2, 0.25) is 0 Å². The van der Waals surface area contributed by atoms with Crippen LogP contribution in [0.1, 0.15) is 32.6 Å². The van der Waals surface area contributed by atoms with Crippen molar-refractivity contribution in [2.75, 3.05) is 0 Å². The molecule has 2 rings (SSSR count). The zero-order valence-corrected chi connectivity index (χ0v) is 11.3. The molecule has 98 valence electrons. The Labute approximate surface area is 112 Å². The van der Waals surface area contributed by atoms with E-state index in [1.54, 1.807) is 0 Å². The highest BCUT2D eigenvalue weighted by Crippen LogP contribution is 2.19. The average molecular weight is 257 g/mol. The molecule has 0 fully saturated rings. The Kier molecular flexibility index (Phi) is 3.74. The number of aromatic nitrogens is 1. The van der Waals surface area contributed by atoms with Gasteiger partial charge in [-0.05, 0) is 43.5 Å². The number of ketones is 1. The van der Waals surface area contributed by atoms with Crippen molar-refractivity contribution in [2.24, 2.45) is 0 Å². The number of hydrogen-bond acceptors (Lipinski definition) is 2. The first-order valence-corrected chi connectivity index (χ1v) is 6.18. The van der Waals surface area contributed by atoms with Gasteiger partial charge in [0.1, 0.15) is 0 Å². The van der Waals surface area contributed by atoms with Crippen LogP contribution in [0.4, 0.5) is 4.39 Å². The maximum atomic E-state index is 13.5. The lowest BCUT2D eigenvalue weighted by atomic mass is 9.94. The average Bonchev–Trinajstić information content (AvgIpc) is 2.34. The van der Waals surface area contributed by atoms with Gasteiger partial charge in [-0.2, -0.15) is 0 Å². The molecule has 3 heteroatoms. The highest BCUT2D eigenvalue weighted by molar-refractivity contribution is 5.97. The number of carbonyl (C=O) groups is 1. The monoisotopic (exact) mass is 257 g/mol. The first-order chi connectivity index (χ1) is 8.99. The zero-order valence-electron chi connectivity index (χ0n) is 11.3. The summed E-state index contributed by atoms with van der Waals surface area (Å²) < 4.78 is 13.5. The number of halogens is 1. The Bertz CT molecular complexity index is 611. The third-order valence-corrected chi connectivity index (χ3v) is 3.25. The highest BCUT2D eigenvalue weighted by atomic mass is 19.1. The lowest BCUT2D eigenvalue weighted by Crippen LogP contribution is -2.09. The van der Waals surface area contributed by atoms with Crippen LogP contribution in [0.3, 0.4) is 0 Å².